The standard InChI is InChI=1S/C20H25N3O/c1-16(19-3-2-7-21-14-19)23-10-8-22(9-11-23)15-17-4-5-20-18(13-17)6-12-24-20/h2-5,7,13-14,16H,6,8-12,15H2,1H3. The van der Waals surface area contributed by atoms with Gasteiger partial charge in [-0.05, 0) is 35.7 Å². The van der Waals surface area contributed by atoms with Crippen LogP contribution in [0.1, 0.15) is 29.7 Å². The number of ether oxygens (including phenoxy) is 1. The number of piperazine rings is 1. The first kappa shape index (κ1) is 15.6. The van der Waals surface area contributed by atoms with Gasteiger partial charge in [-0.2, -0.15) is 0 Å². The smallest absolute Gasteiger partial charge is 0.122 e. The van der Waals surface area contributed by atoms with Gasteiger partial charge in [-0.1, -0.05) is 18.2 Å². The lowest BCUT2D eigenvalue weighted by atomic mass is 10.1. The molecule has 1 saturated heterocycles. The van der Waals surface area contributed by atoms with E-state index in [-0.39, 0.29) is 0 Å². The molecule has 0 radical (unpaired) electrons. The summed E-state index contributed by atoms with van der Waals surface area (Å²) in [6.07, 6.45) is 4.89. The van der Waals surface area contributed by atoms with E-state index in [1.165, 1.54) is 16.7 Å². The van der Waals surface area contributed by atoms with E-state index in [1.807, 2.05) is 18.5 Å². The van der Waals surface area contributed by atoms with Crippen LogP contribution in [0.3, 0.4) is 0 Å². The van der Waals surface area contributed by atoms with Crippen LogP contribution in [0, 0.1) is 0 Å². The van der Waals surface area contributed by atoms with Gasteiger partial charge in [-0.15, -0.1) is 0 Å². The molecule has 4 heteroatoms. The van der Waals surface area contributed by atoms with Gasteiger partial charge in [0.2, 0.25) is 0 Å². The molecule has 4 nitrogen and oxygen atoms in total. The first-order chi connectivity index (χ1) is 11.8. The Kier molecular flexibility index (Phi) is 4.50. The number of fused-ring (bicyclic) bond motifs is 1. The van der Waals surface area contributed by atoms with Crippen LogP contribution in [0.2, 0.25) is 0 Å². The van der Waals surface area contributed by atoms with Crippen molar-refractivity contribution in [3.8, 4) is 5.75 Å². The third-order valence-corrected chi connectivity index (χ3v) is 5.28. The zero-order valence-electron chi connectivity index (χ0n) is 14.3. The van der Waals surface area contributed by atoms with Gasteiger partial charge in [0.1, 0.15) is 5.75 Å². The summed E-state index contributed by atoms with van der Waals surface area (Å²) in [6, 6.07) is 11.3. The molecule has 0 amide bonds. The average Bonchev–Trinajstić information content (AvgIpc) is 3.10. The number of rotatable bonds is 4. The van der Waals surface area contributed by atoms with Crippen LogP contribution < -0.4 is 4.74 Å². The second kappa shape index (κ2) is 6.91. The van der Waals surface area contributed by atoms with E-state index in [4.69, 9.17) is 4.74 Å². The van der Waals surface area contributed by atoms with Crippen molar-refractivity contribution in [3.63, 3.8) is 0 Å². The number of aromatic nitrogens is 1. The van der Waals surface area contributed by atoms with Crippen molar-refractivity contribution in [2.45, 2.75) is 25.9 Å². The van der Waals surface area contributed by atoms with Crippen LogP contribution in [0.15, 0.2) is 42.7 Å². The largest absolute Gasteiger partial charge is 0.493 e. The van der Waals surface area contributed by atoms with Crippen molar-refractivity contribution in [2.75, 3.05) is 32.8 Å². The quantitative estimate of drug-likeness (QED) is 0.865. The van der Waals surface area contributed by atoms with Crippen LogP contribution in [0.25, 0.3) is 0 Å². The lowest BCUT2D eigenvalue weighted by Gasteiger charge is -2.38. The molecule has 0 aliphatic carbocycles. The van der Waals surface area contributed by atoms with Crippen molar-refractivity contribution in [1.29, 1.82) is 0 Å². The maximum atomic E-state index is 5.60. The van der Waals surface area contributed by atoms with Crippen molar-refractivity contribution < 1.29 is 4.74 Å². The minimum atomic E-state index is 0.443. The first-order valence-corrected chi connectivity index (χ1v) is 8.90. The highest BCUT2D eigenvalue weighted by Gasteiger charge is 2.22. The summed E-state index contributed by atoms with van der Waals surface area (Å²) in [4.78, 5) is 9.37. The Labute approximate surface area is 144 Å². The molecule has 2 aliphatic heterocycles. The second-order valence-electron chi connectivity index (χ2n) is 6.81. The second-order valence-corrected chi connectivity index (χ2v) is 6.81. The third kappa shape index (κ3) is 3.30. The fraction of sp³-hybridized carbons (Fsp3) is 0.450. The number of nitrogens with zero attached hydrogens (tertiary/aromatic N) is 3. The molecule has 4 rings (SSSR count). The summed E-state index contributed by atoms with van der Waals surface area (Å²) in [5, 5.41) is 0. The van der Waals surface area contributed by atoms with E-state index >= 15 is 0 Å². The molecule has 1 aromatic carbocycles. The van der Waals surface area contributed by atoms with E-state index in [1.54, 1.807) is 0 Å². The van der Waals surface area contributed by atoms with Crippen molar-refractivity contribution in [3.05, 3.63) is 59.4 Å². The molecule has 3 heterocycles. The lowest BCUT2D eigenvalue weighted by Crippen LogP contribution is -2.46. The van der Waals surface area contributed by atoms with E-state index < -0.39 is 0 Å². The van der Waals surface area contributed by atoms with Gasteiger partial charge in [0.05, 0.1) is 6.61 Å². The maximum absolute atomic E-state index is 5.60. The van der Waals surface area contributed by atoms with Crippen LogP contribution in [0.5, 0.6) is 5.75 Å². The van der Waals surface area contributed by atoms with Crippen molar-refractivity contribution in [1.82, 2.24) is 14.8 Å². The number of pyridine rings is 1. The molecule has 1 fully saturated rings. The Morgan fingerprint density at radius 2 is 2.04 bits per heavy atom. The van der Waals surface area contributed by atoms with E-state index in [0.717, 1.165) is 51.5 Å². The molecular formula is C20H25N3O. The van der Waals surface area contributed by atoms with Gasteiger partial charge in [0.15, 0.2) is 0 Å². The van der Waals surface area contributed by atoms with E-state index in [9.17, 15) is 0 Å². The highest BCUT2D eigenvalue weighted by Crippen LogP contribution is 2.27. The molecule has 1 aromatic heterocycles. The zero-order valence-corrected chi connectivity index (χ0v) is 14.3. The average molecular weight is 323 g/mol. The molecule has 1 atom stereocenters. The Hall–Kier alpha value is -1.91. The minimum Gasteiger partial charge on any atom is -0.493 e. The molecule has 0 spiro atoms. The van der Waals surface area contributed by atoms with Gasteiger partial charge >= 0.3 is 0 Å². The monoisotopic (exact) mass is 323 g/mol. The molecule has 24 heavy (non-hydrogen) atoms. The van der Waals surface area contributed by atoms with Gasteiger partial charge in [0.25, 0.3) is 0 Å². The SMILES string of the molecule is CC(c1cccnc1)N1CCN(Cc2ccc3c(c2)CCO3)CC1. The molecule has 2 aliphatic rings. The highest BCUT2D eigenvalue weighted by molar-refractivity contribution is 5.39. The Balaban J connectivity index is 1.33. The van der Waals surface area contributed by atoms with Crippen molar-refractivity contribution >= 4 is 0 Å². The maximum Gasteiger partial charge on any atom is 0.122 e. The number of hydrogen-bond donors (Lipinski definition) is 0. The van der Waals surface area contributed by atoms with Gasteiger partial charge in [-0.3, -0.25) is 14.8 Å². The van der Waals surface area contributed by atoms with Crippen LogP contribution in [-0.2, 0) is 13.0 Å². The number of hydrogen-bond acceptors (Lipinski definition) is 4. The van der Waals surface area contributed by atoms with Crippen LogP contribution in [-0.4, -0.2) is 47.6 Å². The highest BCUT2D eigenvalue weighted by atomic mass is 16.5. The van der Waals surface area contributed by atoms with E-state index in [2.05, 4.69) is 46.0 Å². The Bertz CT molecular complexity index is 681. The fourth-order valence-corrected chi connectivity index (χ4v) is 3.74. The Morgan fingerprint density at radius 3 is 2.83 bits per heavy atom. The minimum absolute atomic E-state index is 0.443. The summed E-state index contributed by atoms with van der Waals surface area (Å²) in [6.45, 7) is 8.64. The fourth-order valence-electron chi connectivity index (χ4n) is 3.74. The molecule has 126 valence electrons. The van der Waals surface area contributed by atoms with Gasteiger partial charge < -0.3 is 4.74 Å². The zero-order chi connectivity index (χ0) is 16.4. The topological polar surface area (TPSA) is 28.6 Å². The molecule has 2 aromatic rings. The van der Waals surface area contributed by atoms with Gasteiger partial charge in [0, 0.05) is 57.6 Å². The van der Waals surface area contributed by atoms with Crippen molar-refractivity contribution in [2.24, 2.45) is 0 Å². The van der Waals surface area contributed by atoms with Crippen LogP contribution in [0.4, 0.5) is 0 Å². The predicted molar refractivity (Wildman–Crippen MR) is 95.1 cm³/mol. The molecule has 0 saturated carbocycles. The predicted octanol–water partition coefficient (Wildman–Crippen LogP) is 2.90. The summed E-state index contributed by atoms with van der Waals surface area (Å²) in [5.74, 6) is 1.08. The number of benzene rings is 1. The Morgan fingerprint density at radius 1 is 1.17 bits per heavy atom. The van der Waals surface area contributed by atoms with Crippen LogP contribution >= 0.6 is 0 Å². The molecule has 0 bridgehead atoms. The van der Waals surface area contributed by atoms with Gasteiger partial charge in [-0.25, -0.2) is 0 Å². The summed E-state index contributed by atoms with van der Waals surface area (Å²) >= 11 is 0. The molecule has 0 N–H and O–H groups in total. The summed E-state index contributed by atoms with van der Waals surface area (Å²) in [7, 11) is 0. The summed E-state index contributed by atoms with van der Waals surface area (Å²) < 4.78 is 5.60. The summed E-state index contributed by atoms with van der Waals surface area (Å²) in [5.41, 5.74) is 4.09. The normalized spacial score (nSPS) is 19.7. The molecule has 1 unspecified atom stereocenters. The van der Waals surface area contributed by atoms with E-state index in [0.29, 0.717) is 6.04 Å². The molecular weight excluding hydrogens is 298 g/mol. The lowest BCUT2D eigenvalue weighted by molar-refractivity contribution is 0.0977. The first-order valence-electron chi connectivity index (χ1n) is 8.90. The third-order valence-electron chi connectivity index (χ3n) is 5.28.